The highest BCUT2D eigenvalue weighted by Crippen LogP contribution is 2.20. The normalized spacial score (nSPS) is 16.3. The first-order valence-corrected chi connectivity index (χ1v) is 13.7. The quantitative estimate of drug-likeness (QED) is 0.463. The Labute approximate surface area is 149 Å². The van der Waals surface area contributed by atoms with Crippen molar-refractivity contribution in [2.24, 2.45) is 10.3 Å². The van der Waals surface area contributed by atoms with Crippen LogP contribution in [0.5, 0.6) is 0 Å². The lowest BCUT2D eigenvalue weighted by Gasteiger charge is -2.24. The molecule has 0 aromatic heterocycles. The van der Waals surface area contributed by atoms with Gasteiger partial charge in [0, 0.05) is 4.90 Å². The zero-order valence-corrected chi connectivity index (χ0v) is 18.0. The lowest BCUT2D eigenvalue weighted by molar-refractivity contribution is 0.256. The van der Waals surface area contributed by atoms with Crippen LogP contribution >= 0.6 is 0 Å². The van der Waals surface area contributed by atoms with Gasteiger partial charge >= 0.3 is 0 Å². The number of nitrogens with zero attached hydrogens (tertiary/aromatic N) is 1. The van der Waals surface area contributed by atoms with Crippen molar-refractivity contribution in [2.75, 3.05) is 12.4 Å². The average Bonchev–Trinajstić information content (AvgIpc) is 2.49. The largest absolute Gasteiger partial charge is 0.415 e. The highest BCUT2D eigenvalue weighted by molar-refractivity contribution is 7.93. The van der Waals surface area contributed by atoms with E-state index < -0.39 is 18.0 Å². The predicted molar refractivity (Wildman–Crippen MR) is 108 cm³/mol. The molecule has 1 rings (SSSR count). The van der Waals surface area contributed by atoms with E-state index in [2.05, 4.69) is 33.5 Å². The fraction of sp³-hybridized carbons (Fsp3) is 0.579. The van der Waals surface area contributed by atoms with Crippen molar-refractivity contribution in [1.29, 1.82) is 0 Å². The van der Waals surface area contributed by atoms with Gasteiger partial charge in [-0.05, 0) is 51.5 Å². The Balaban J connectivity index is 3.26. The lowest BCUT2D eigenvalue weighted by Crippen LogP contribution is -2.32. The molecule has 0 fully saturated rings. The molecule has 2 atom stereocenters. The van der Waals surface area contributed by atoms with Crippen LogP contribution in [0.1, 0.15) is 26.3 Å². The first-order valence-electron chi connectivity index (χ1n) is 8.63. The second-order valence-electron chi connectivity index (χ2n) is 7.53. The molecule has 0 N–H and O–H groups in total. The van der Waals surface area contributed by atoms with Crippen molar-refractivity contribution in [1.82, 2.24) is 0 Å². The molecule has 24 heavy (non-hydrogen) atoms. The number of benzene rings is 1. The van der Waals surface area contributed by atoms with Gasteiger partial charge in [0.25, 0.3) is 0 Å². The zero-order valence-electron chi connectivity index (χ0n) is 16.2. The third-order valence-corrected chi connectivity index (χ3v) is 7.01. The summed E-state index contributed by atoms with van der Waals surface area (Å²) in [5, 5.41) is 0. The summed E-state index contributed by atoms with van der Waals surface area (Å²) < 4.78 is 24.5. The van der Waals surface area contributed by atoms with Crippen LogP contribution in [0.25, 0.3) is 0 Å². The van der Waals surface area contributed by atoms with E-state index in [0.717, 1.165) is 10.5 Å². The maximum atomic E-state index is 13.6. The molecule has 0 amide bonds. The van der Waals surface area contributed by atoms with Crippen LogP contribution in [0.2, 0.25) is 19.6 Å². The molecule has 0 unspecified atom stereocenters. The van der Waals surface area contributed by atoms with Crippen LogP contribution in [0.15, 0.2) is 45.7 Å². The maximum absolute atomic E-state index is 13.6. The Morgan fingerprint density at radius 1 is 1.21 bits per heavy atom. The van der Waals surface area contributed by atoms with E-state index in [1.165, 1.54) is 0 Å². The standard InChI is InChI=1S/C19H33NO2SSi/c1-8-9-14-23(21,18-12-10-17(4)11-13-18)20-19(16(2)3)15-22-24(5,6)7/h8-13,16,19H,14-15H2,1-7H3/b9-8+/t19-,23+/m0/s1. The molecule has 0 bridgehead atoms. The van der Waals surface area contributed by atoms with Crippen LogP contribution in [0.3, 0.4) is 0 Å². The van der Waals surface area contributed by atoms with Crippen LogP contribution in [0, 0.1) is 12.8 Å². The molecule has 0 spiro atoms. The lowest BCUT2D eigenvalue weighted by atomic mass is 10.1. The minimum absolute atomic E-state index is 0.0595. The molecule has 1 aromatic rings. The summed E-state index contributed by atoms with van der Waals surface area (Å²) in [6.07, 6.45) is 3.88. The average molecular weight is 368 g/mol. The second kappa shape index (κ2) is 8.97. The van der Waals surface area contributed by atoms with E-state index in [-0.39, 0.29) is 6.04 Å². The number of rotatable bonds is 8. The molecule has 0 aliphatic carbocycles. The summed E-state index contributed by atoms with van der Waals surface area (Å²) in [6, 6.07) is 7.84. The first-order chi connectivity index (χ1) is 11.1. The van der Waals surface area contributed by atoms with Crippen LogP contribution in [0.4, 0.5) is 0 Å². The van der Waals surface area contributed by atoms with Gasteiger partial charge in [-0.15, -0.1) is 0 Å². The molecule has 0 heterocycles. The zero-order chi connectivity index (χ0) is 18.4. The van der Waals surface area contributed by atoms with Crippen molar-refractivity contribution < 1.29 is 8.63 Å². The van der Waals surface area contributed by atoms with E-state index in [0.29, 0.717) is 18.3 Å². The summed E-state index contributed by atoms with van der Waals surface area (Å²) in [5.74, 6) is 0.737. The molecule has 3 nitrogen and oxygen atoms in total. The molecule has 0 radical (unpaired) electrons. The minimum atomic E-state index is -2.48. The fourth-order valence-electron chi connectivity index (χ4n) is 2.08. The number of allylic oxidation sites excluding steroid dienone is 1. The van der Waals surface area contributed by atoms with E-state index in [4.69, 9.17) is 8.79 Å². The SMILES string of the molecule is C/C=C/C[S@](=O)(=N[C@@H](CO[Si](C)(C)C)C(C)C)c1ccc(C)cc1. The Bertz CT molecular complexity index is 651. The summed E-state index contributed by atoms with van der Waals surface area (Å²) in [5.41, 5.74) is 1.16. The van der Waals surface area contributed by atoms with Gasteiger partial charge in [0.15, 0.2) is 8.32 Å². The molecule has 0 saturated carbocycles. The van der Waals surface area contributed by atoms with E-state index in [9.17, 15) is 4.21 Å². The first kappa shape index (κ1) is 21.1. The van der Waals surface area contributed by atoms with Crippen molar-refractivity contribution in [2.45, 2.75) is 58.3 Å². The van der Waals surface area contributed by atoms with E-state index in [1.54, 1.807) is 0 Å². The maximum Gasteiger partial charge on any atom is 0.183 e. The van der Waals surface area contributed by atoms with Crippen molar-refractivity contribution in [3.63, 3.8) is 0 Å². The van der Waals surface area contributed by atoms with Gasteiger partial charge in [0.2, 0.25) is 0 Å². The third kappa shape index (κ3) is 6.91. The molecule has 0 saturated heterocycles. The highest BCUT2D eigenvalue weighted by Gasteiger charge is 2.22. The van der Waals surface area contributed by atoms with Crippen molar-refractivity contribution in [3.8, 4) is 0 Å². The Morgan fingerprint density at radius 3 is 2.25 bits per heavy atom. The van der Waals surface area contributed by atoms with Crippen molar-refractivity contribution in [3.05, 3.63) is 42.0 Å². The van der Waals surface area contributed by atoms with Gasteiger partial charge in [0.05, 0.1) is 28.1 Å². The van der Waals surface area contributed by atoms with Gasteiger partial charge in [-0.25, -0.2) is 8.57 Å². The molecule has 0 aliphatic rings. The molecule has 136 valence electrons. The summed E-state index contributed by atoms with van der Waals surface area (Å²) in [4.78, 5) is 0.810. The number of hydrogen-bond donors (Lipinski definition) is 0. The molecule has 0 aliphatic heterocycles. The van der Waals surface area contributed by atoms with Crippen LogP contribution < -0.4 is 0 Å². The van der Waals surface area contributed by atoms with Gasteiger partial charge in [-0.2, -0.15) is 0 Å². The predicted octanol–water partition coefficient (Wildman–Crippen LogP) is 5.27. The molecular formula is C19H33NO2SSi. The Hall–Kier alpha value is -0.913. The summed E-state index contributed by atoms with van der Waals surface area (Å²) in [7, 11) is -4.11. The fourth-order valence-corrected chi connectivity index (χ4v) is 4.90. The summed E-state index contributed by atoms with van der Waals surface area (Å²) in [6.45, 7) is 15.3. The Morgan fingerprint density at radius 2 is 1.79 bits per heavy atom. The monoisotopic (exact) mass is 367 g/mol. The summed E-state index contributed by atoms with van der Waals surface area (Å²) >= 11 is 0. The second-order valence-corrected chi connectivity index (χ2v) is 14.3. The van der Waals surface area contributed by atoms with Gasteiger partial charge in [0.1, 0.15) is 0 Å². The van der Waals surface area contributed by atoms with Gasteiger partial charge in [-0.3, -0.25) is 0 Å². The smallest absolute Gasteiger partial charge is 0.183 e. The van der Waals surface area contributed by atoms with Crippen LogP contribution in [-0.2, 0) is 14.2 Å². The topological polar surface area (TPSA) is 38.7 Å². The third-order valence-electron chi connectivity index (χ3n) is 3.71. The molecule has 1 aromatic carbocycles. The number of hydrogen-bond acceptors (Lipinski definition) is 3. The molecular weight excluding hydrogens is 334 g/mol. The van der Waals surface area contributed by atoms with Crippen molar-refractivity contribution >= 4 is 18.0 Å². The molecule has 5 heteroatoms. The highest BCUT2D eigenvalue weighted by atomic mass is 32.2. The van der Waals surface area contributed by atoms with Gasteiger partial charge < -0.3 is 4.43 Å². The van der Waals surface area contributed by atoms with E-state index >= 15 is 0 Å². The van der Waals surface area contributed by atoms with Crippen LogP contribution in [-0.4, -0.2) is 30.9 Å². The Kier molecular flexibility index (Phi) is 7.90. The van der Waals surface area contributed by atoms with E-state index in [1.807, 2.05) is 50.3 Å². The van der Waals surface area contributed by atoms with Gasteiger partial charge in [-0.1, -0.05) is 43.7 Å². The minimum Gasteiger partial charge on any atom is -0.415 e. The number of aryl methyl sites for hydroxylation is 1.